The van der Waals surface area contributed by atoms with Crippen LogP contribution in [0.15, 0.2) is 18.2 Å². The fourth-order valence-corrected chi connectivity index (χ4v) is 6.86. The molecule has 96 valence electrons. The van der Waals surface area contributed by atoms with Crippen molar-refractivity contribution in [1.82, 2.24) is 0 Å². The molecule has 0 N–H and O–H groups in total. The van der Waals surface area contributed by atoms with Gasteiger partial charge in [-0.3, -0.25) is 0 Å². The van der Waals surface area contributed by atoms with Crippen LogP contribution in [0.1, 0.15) is 18.9 Å². The van der Waals surface area contributed by atoms with Crippen LogP contribution < -0.4 is 10.4 Å². The van der Waals surface area contributed by atoms with E-state index in [0.717, 1.165) is 5.50 Å². The Balaban J connectivity index is 3.12. The third kappa shape index (κ3) is 4.27. The average molecular weight is 285 g/mol. The van der Waals surface area contributed by atoms with Crippen LogP contribution in [0.5, 0.6) is 0 Å². The Morgan fingerprint density at radius 3 is 2.29 bits per heavy atom. The number of alkyl halides is 1. The molecule has 0 aliphatic rings. The number of hydrogen-bond acceptors (Lipinski definition) is 0. The standard InChI is InChI=1S/C14H25ClSi2/c1-6-7-16(11-15)13-8-12(2)9-14(10-13)17(3,4)5/h8-10,16H,6-7,11H2,1-5H3. The van der Waals surface area contributed by atoms with Gasteiger partial charge >= 0.3 is 0 Å². The SMILES string of the molecule is CCC[SiH](CCl)c1cc(C)cc([Si](C)(C)C)c1. The summed E-state index contributed by atoms with van der Waals surface area (Å²) in [7, 11) is -2.11. The average Bonchev–Trinajstić information content (AvgIpc) is 2.23. The molecule has 0 heterocycles. The molecule has 0 saturated heterocycles. The monoisotopic (exact) mass is 284 g/mol. The lowest BCUT2D eigenvalue weighted by Gasteiger charge is -2.21. The van der Waals surface area contributed by atoms with Gasteiger partial charge in [0, 0.05) is 5.50 Å². The Morgan fingerprint density at radius 1 is 1.18 bits per heavy atom. The van der Waals surface area contributed by atoms with Crippen molar-refractivity contribution in [3.8, 4) is 0 Å². The van der Waals surface area contributed by atoms with Gasteiger partial charge in [0.2, 0.25) is 0 Å². The second kappa shape index (κ2) is 6.21. The van der Waals surface area contributed by atoms with Crippen molar-refractivity contribution in [2.24, 2.45) is 0 Å². The Labute approximate surface area is 114 Å². The lowest BCUT2D eigenvalue weighted by atomic mass is 10.2. The number of rotatable bonds is 5. The summed E-state index contributed by atoms with van der Waals surface area (Å²) in [5.74, 6) is 0. The van der Waals surface area contributed by atoms with E-state index in [1.54, 1.807) is 10.4 Å². The van der Waals surface area contributed by atoms with Gasteiger partial charge in [0.05, 0.1) is 16.9 Å². The molecule has 0 saturated carbocycles. The van der Waals surface area contributed by atoms with Crippen molar-refractivity contribution in [1.29, 1.82) is 0 Å². The van der Waals surface area contributed by atoms with Crippen molar-refractivity contribution in [2.75, 3.05) is 5.50 Å². The Kier molecular flexibility index (Phi) is 5.48. The summed E-state index contributed by atoms with van der Waals surface area (Å²) in [6.45, 7) is 11.7. The van der Waals surface area contributed by atoms with Gasteiger partial charge in [-0.2, -0.15) is 0 Å². The summed E-state index contributed by atoms with van der Waals surface area (Å²) in [5.41, 5.74) is 2.29. The predicted octanol–water partition coefficient (Wildman–Crippen LogP) is 3.16. The van der Waals surface area contributed by atoms with E-state index in [0.29, 0.717) is 0 Å². The lowest BCUT2D eigenvalue weighted by molar-refractivity contribution is 1.07. The van der Waals surface area contributed by atoms with Gasteiger partial charge in [-0.1, -0.05) is 73.2 Å². The summed E-state index contributed by atoms with van der Waals surface area (Å²) in [5, 5.41) is 3.17. The summed E-state index contributed by atoms with van der Waals surface area (Å²) < 4.78 is 0. The van der Waals surface area contributed by atoms with Crippen molar-refractivity contribution in [3.05, 3.63) is 23.8 Å². The topological polar surface area (TPSA) is 0 Å². The van der Waals surface area contributed by atoms with Gasteiger partial charge in [-0.05, 0) is 6.92 Å². The van der Waals surface area contributed by atoms with Crippen LogP contribution in [-0.2, 0) is 0 Å². The van der Waals surface area contributed by atoms with Crippen molar-refractivity contribution < 1.29 is 0 Å². The van der Waals surface area contributed by atoms with E-state index < -0.39 is 16.9 Å². The zero-order valence-electron chi connectivity index (χ0n) is 11.8. The molecule has 3 heteroatoms. The highest BCUT2D eigenvalue weighted by Gasteiger charge is 2.19. The fourth-order valence-electron chi connectivity index (χ4n) is 2.16. The van der Waals surface area contributed by atoms with Crippen LogP contribution in [0.4, 0.5) is 0 Å². The maximum Gasteiger partial charge on any atom is 0.0867 e. The van der Waals surface area contributed by atoms with Gasteiger partial charge in [-0.25, -0.2) is 0 Å². The maximum absolute atomic E-state index is 6.17. The molecule has 1 aromatic rings. The quantitative estimate of drug-likeness (QED) is 0.576. The van der Waals surface area contributed by atoms with Crippen LogP contribution >= 0.6 is 11.6 Å². The van der Waals surface area contributed by atoms with Crippen molar-refractivity contribution >= 4 is 38.8 Å². The van der Waals surface area contributed by atoms with E-state index in [9.17, 15) is 0 Å². The van der Waals surface area contributed by atoms with Crippen molar-refractivity contribution in [2.45, 2.75) is 46.0 Å². The van der Waals surface area contributed by atoms with E-state index in [1.807, 2.05) is 0 Å². The van der Waals surface area contributed by atoms with E-state index in [4.69, 9.17) is 11.6 Å². The highest BCUT2D eigenvalue weighted by atomic mass is 35.5. The zero-order valence-corrected chi connectivity index (χ0v) is 14.7. The third-order valence-electron chi connectivity index (χ3n) is 3.26. The summed E-state index contributed by atoms with van der Waals surface area (Å²) in [4.78, 5) is 0. The fraction of sp³-hybridized carbons (Fsp3) is 0.571. The van der Waals surface area contributed by atoms with Gasteiger partial charge in [-0.15, -0.1) is 11.6 Å². The second-order valence-electron chi connectivity index (χ2n) is 6.02. The van der Waals surface area contributed by atoms with Crippen LogP contribution in [0.3, 0.4) is 0 Å². The highest BCUT2D eigenvalue weighted by molar-refractivity contribution is 6.89. The molecular weight excluding hydrogens is 260 g/mol. The van der Waals surface area contributed by atoms with Crippen LogP contribution in [-0.4, -0.2) is 22.4 Å². The molecule has 0 bridgehead atoms. The first-order valence-corrected chi connectivity index (χ1v) is 12.8. The van der Waals surface area contributed by atoms with Crippen LogP contribution in [0.25, 0.3) is 0 Å². The largest absolute Gasteiger partial charge is 0.130 e. The molecule has 1 unspecified atom stereocenters. The predicted molar refractivity (Wildman–Crippen MR) is 86.8 cm³/mol. The van der Waals surface area contributed by atoms with Crippen LogP contribution in [0.2, 0.25) is 25.7 Å². The lowest BCUT2D eigenvalue weighted by Crippen LogP contribution is -2.43. The molecule has 0 radical (unpaired) electrons. The first-order chi connectivity index (χ1) is 7.88. The number of halogens is 1. The third-order valence-corrected chi connectivity index (χ3v) is 9.32. The summed E-state index contributed by atoms with van der Waals surface area (Å²) >= 11 is 6.17. The zero-order chi connectivity index (χ0) is 13.1. The number of aryl methyl sites for hydroxylation is 1. The van der Waals surface area contributed by atoms with Gasteiger partial charge < -0.3 is 0 Å². The molecule has 0 fully saturated rings. The normalized spacial score (nSPS) is 13.8. The van der Waals surface area contributed by atoms with Crippen LogP contribution in [0, 0.1) is 6.92 Å². The molecule has 0 amide bonds. The first kappa shape index (κ1) is 15.0. The van der Waals surface area contributed by atoms with E-state index in [2.05, 4.69) is 51.7 Å². The van der Waals surface area contributed by atoms with Gasteiger partial charge in [0.1, 0.15) is 0 Å². The minimum Gasteiger partial charge on any atom is -0.130 e. The molecular formula is C14H25ClSi2. The maximum atomic E-state index is 6.17. The first-order valence-electron chi connectivity index (χ1n) is 6.56. The number of hydrogen-bond donors (Lipinski definition) is 0. The smallest absolute Gasteiger partial charge is 0.0867 e. The summed E-state index contributed by atoms with van der Waals surface area (Å²) in [6.07, 6.45) is 1.26. The molecule has 0 aliphatic heterocycles. The Bertz CT molecular complexity index is 369. The van der Waals surface area contributed by atoms with E-state index in [-0.39, 0.29) is 0 Å². The Morgan fingerprint density at radius 2 is 1.82 bits per heavy atom. The molecule has 0 aliphatic carbocycles. The molecule has 1 aromatic carbocycles. The highest BCUT2D eigenvalue weighted by Crippen LogP contribution is 2.07. The van der Waals surface area contributed by atoms with Gasteiger partial charge in [0.15, 0.2) is 0 Å². The molecule has 17 heavy (non-hydrogen) atoms. The van der Waals surface area contributed by atoms with E-state index in [1.165, 1.54) is 18.0 Å². The van der Waals surface area contributed by atoms with E-state index >= 15 is 0 Å². The molecule has 1 rings (SSSR count). The minimum absolute atomic E-state index is 0.877. The van der Waals surface area contributed by atoms with Crippen molar-refractivity contribution in [3.63, 3.8) is 0 Å². The molecule has 0 nitrogen and oxygen atoms in total. The van der Waals surface area contributed by atoms with Gasteiger partial charge in [0.25, 0.3) is 0 Å². The summed E-state index contributed by atoms with van der Waals surface area (Å²) in [6, 6.07) is 8.55. The minimum atomic E-state index is -1.20. The molecule has 0 spiro atoms. The molecule has 1 atom stereocenters. The second-order valence-corrected chi connectivity index (χ2v) is 15.0. The number of benzene rings is 1. The molecule has 0 aromatic heterocycles. The Hall–Kier alpha value is -0.0562.